The van der Waals surface area contributed by atoms with Gasteiger partial charge in [-0.05, 0) is 32.9 Å². The highest BCUT2D eigenvalue weighted by molar-refractivity contribution is 7.16. The first-order valence-electron chi connectivity index (χ1n) is 8.32. The van der Waals surface area contributed by atoms with E-state index in [0.717, 1.165) is 4.88 Å². The van der Waals surface area contributed by atoms with E-state index in [1.165, 1.54) is 29.2 Å². The minimum Gasteiger partial charge on any atom is -0.465 e. The zero-order chi connectivity index (χ0) is 20.6. The first-order chi connectivity index (χ1) is 13.2. The molecular weight excluding hydrogens is 390 g/mol. The summed E-state index contributed by atoms with van der Waals surface area (Å²) >= 11 is 1.24. The highest BCUT2D eigenvalue weighted by atomic mass is 32.1. The Kier molecular flexibility index (Phi) is 5.41. The lowest BCUT2D eigenvalue weighted by Crippen LogP contribution is -2.20. The highest BCUT2D eigenvalue weighted by Gasteiger charge is 2.22. The van der Waals surface area contributed by atoms with Crippen LogP contribution in [-0.4, -0.2) is 33.8 Å². The van der Waals surface area contributed by atoms with E-state index in [2.05, 4.69) is 15.4 Å². The van der Waals surface area contributed by atoms with E-state index in [1.54, 1.807) is 26.8 Å². The van der Waals surface area contributed by atoms with Crippen molar-refractivity contribution in [3.05, 3.63) is 39.5 Å². The number of methoxy groups -OCH3 is 1. The molecule has 10 heteroatoms. The molecule has 0 aliphatic heterocycles. The molecule has 0 spiro atoms. The van der Waals surface area contributed by atoms with Gasteiger partial charge in [-0.1, -0.05) is 0 Å². The Balaban J connectivity index is 1.92. The maximum absolute atomic E-state index is 13.4. The maximum atomic E-state index is 13.4. The topological polar surface area (TPSA) is 86.1 Å². The van der Waals surface area contributed by atoms with Gasteiger partial charge < -0.3 is 10.1 Å². The molecule has 0 saturated heterocycles. The Morgan fingerprint density at radius 3 is 2.64 bits per heavy atom. The van der Waals surface area contributed by atoms with Gasteiger partial charge in [0.15, 0.2) is 5.65 Å². The van der Waals surface area contributed by atoms with Gasteiger partial charge in [-0.2, -0.15) is 5.10 Å². The molecule has 1 amide bonds. The molecule has 3 aromatic heterocycles. The van der Waals surface area contributed by atoms with Crippen LogP contribution in [0.5, 0.6) is 0 Å². The third-order valence-corrected chi connectivity index (χ3v) is 5.04. The van der Waals surface area contributed by atoms with E-state index in [0.29, 0.717) is 16.4 Å². The number of aryl methyl sites for hydroxylation is 3. The largest absolute Gasteiger partial charge is 0.465 e. The van der Waals surface area contributed by atoms with Gasteiger partial charge in [0.2, 0.25) is 5.91 Å². The number of rotatable bonds is 5. The number of nitrogens with zero attached hydrogens (tertiary/aromatic N) is 3. The minimum absolute atomic E-state index is 0.159. The van der Waals surface area contributed by atoms with E-state index < -0.39 is 18.3 Å². The molecule has 0 aliphatic rings. The normalized spacial score (nSPS) is 11.2. The number of pyridine rings is 1. The SMILES string of the molecule is COC(=O)c1cc(C)sc1NC(=O)Cn1nc(C)c2c(C(F)F)cc(C)nc21. The van der Waals surface area contributed by atoms with Crippen LogP contribution in [0.3, 0.4) is 0 Å². The first kappa shape index (κ1) is 19.9. The number of anilines is 1. The molecule has 0 unspecified atom stereocenters. The van der Waals surface area contributed by atoms with Gasteiger partial charge in [0.25, 0.3) is 6.43 Å². The number of esters is 1. The number of carbonyl (C=O) groups excluding carboxylic acids is 2. The summed E-state index contributed by atoms with van der Waals surface area (Å²) < 4.78 is 32.8. The third-order valence-electron chi connectivity index (χ3n) is 4.08. The molecular formula is C18H18F2N4O3S. The lowest BCUT2D eigenvalue weighted by atomic mass is 10.1. The van der Waals surface area contributed by atoms with Crippen LogP contribution >= 0.6 is 11.3 Å². The molecule has 3 aromatic rings. The van der Waals surface area contributed by atoms with Gasteiger partial charge in [-0.15, -0.1) is 11.3 Å². The predicted octanol–water partition coefficient (Wildman–Crippen LogP) is 3.78. The number of ether oxygens (including phenoxy) is 1. The first-order valence-corrected chi connectivity index (χ1v) is 9.14. The lowest BCUT2D eigenvalue weighted by molar-refractivity contribution is -0.116. The quantitative estimate of drug-likeness (QED) is 0.650. The summed E-state index contributed by atoms with van der Waals surface area (Å²) in [5.41, 5.74) is 1.10. The molecule has 0 atom stereocenters. The van der Waals surface area contributed by atoms with Crippen LogP contribution in [0, 0.1) is 20.8 Å². The second-order valence-electron chi connectivity index (χ2n) is 6.23. The minimum atomic E-state index is -2.67. The summed E-state index contributed by atoms with van der Waals surface area (Å²) in [6.07, 6.45) is -2.67. The second kappa shape index (κ2) is 7.63. The summed E-state index contributed by atoms with van der Waals surface area (Å²) in [4.78, 5) is 29.5. The lowest BCUT2D eigenvalue weighted by Gasteiger charge is -2.07. The molecule has 1 N–H and O–H groups in total. The van der Waals surface area contributed by atoms with Crippen molar-refractivity contribution in [3.63, 3.8) is 0 Å². The molecule has 0 fully saturated rings. The number of amides is 1. The predicted molar refractivity (Wildman–Crippen MR) is 101 cm³/mol. The molecule has 0 radical (unpaired) electrons. The van der Waals surface area contributed by atoms with Crippen molar-refractivity contribution in [2.24, 2.45) is 0 Å². The average Bonchev–Trinajstić information content (AvgIpc) is 3.13. The van der Waals surface area contributed by atoms with Crippen LogP contribution in [-0.2, 0) is 16.1 Å². The van der Waals surface area contributed by atoms with Crippen LogP contribution in [0.1, 0.15) is 38.6 Å². The molecule has 0 saturated carbocycles. The van der Waals surface area contributed by atoms with Crippen molar-refractivity contribution in [3.8, 4) is 0 Å². The van der Waals surface area contributed by atoms with Crippen molar-refractivity contribution >= 4 is 39.2 Å². The Morgan fingerprint density at radius 2 is 2.00 bits per heavy atom. The van der Waals surface area contributed by atoms with Crippen molar-refractivity contribution in [2.45, 2.75) is 33.7 Å². The van der Waals surface area contributed by atoms with Crippen LogP contribution in [0.15, 0.2) is 12.1 Å². The van der Waals surface area contributed by atoms with Gasteiger partial charge in [-0.3, -0.25) is 4.79 Å². The Bertz CT molecular complexity index is 1070. The van der Waals surface area contributed by atoms with Gasteiger partial charge in [0.1, 0.15) is 11.5 Å². The second-order valence-corrected chi connectivity index (χ2v) is 7.49. The zero-order valence-electron chi connectivity index (χ0n) is 15.7. The fourth-order valence-corrected chi connectivity index (χ4v) is 3.89. The molecule has 0 aliphatic carbocycles. The number of hydrogen-bond donors (Lipinski definition) is 1. The zero-order valence-corrected chi connectivity index (χ0v) is 16.5. The van der Waals surface area contributed by atoms with Gasteiger partial charge >= 0.3 is 5.97 Å². The summed E-state index contributed by atoms with van der Waals surface area (Å²) in [6.45, 7) is 4.77. The number of alkyl halides is 2. The molecule has 0 bridgehead atoms. The smallest absolute Gasteiger partial charge is 0.340 e. The average molecular weight is 408 g/mol. The Hall–Kier alpha value is -2.88. The Morgan fingerprint density at radius 1 is 1.29 bits per heavy atom. The van der Waals surface area contributed by atoms with E-state index in [9.17, 15) is 18.4 Å². The number of halogens is 2. The summed E-state index contributed by atoms with van der Waals surface area (Å²) in [5.74, 6) is -1.02. The highest BCUT2D eigenvalue weighted by Crippen LogP contribution is 2.31. The number of carbonyl (C=O) groups is 2. The van der Waals surface area contributed by atoms with E-state index in [1.807, 2.05) is 0 Å². The van der Waals surface area contributed by atoms with Crippen molar-refractivity contribution in [1.29, 1.82) is 0 Å². The monoisotopic (exact) mass is 408 g/mol. The molecule has 148 valence electrons. The van der Waals surface area contributed by atoms with Crippen molar-refractivity contribution in [2.75, 3.05) is 12.4 Å². The summed E-state index contributed by atoms with van der Waals surface area (Å²) in [6, 6.07) is 2.95. The summed E-state index contributed by atoms with van der Waals surface area (Å²) in [5, 5.41) is 7.48. The molecule has 3 heterocycles. The molecule has 0 aromatic carbocycles. The number of nitrogens with one attached hydrogen (secondary N) is 1. The number of thiophene rings is 1. The van der Waals surface area contributed by atoms with Crippen LogP contribution < -0.4 is 5.32 Å². The van der Waals surface area contributed by atoms with Gasteiger partial charge in [-0.25, -0.2) is 23.2 Å². The fourth-order valence-electron chi connectivity index (χ4n) is 2.97. The standard InChI is InChI=1S/C18H18F2N4O3S/c1-8-5-11(15(19)20)14-10(3)23-24(16(14)21-8)7-13(25)22-17-12(18(26)27-4)6-9(2)28-17/h5-6,15H,7H2,1-4H3,(H,22,25). The van der Waals surface area contributed by atoms with E-state index in [4.69, 9.17) is 4.74 Å². The molecule has 28 heavy (non-hydrogen) atoms. The third kappa shape index (κ3) is 3.72. The van der Waals surface area contributed by atoms with Gasteiger partial charge in [0.05, 0.1) is 23.8 Å². The number of fused-ring (bicyclic) bond motifs is 1. The molecule has 3 rings (SSSR count). The van der Waals surface area contributed by atoms with Crippen LogP contribution in [0.2, 0.25) is 0 Å². The van der Waals surface area contributed by atoms with Crippen molar-refractivity contribution < 1.29 is 23.1 Å². The maximum Gasteiger partial charge on any atom is 0.340 e. The van der Waals surface area contributed by atoms with Gasteiger partial charge in [0, 0.05) is 16.1 Å². The number of aromatic nitrogens is 3. The van der Waals surface area contributed by atoms with E-state index >= 15 is 0 Å². The molecule has 7 nitrogen and oxygen atoms in total. The number of hydrogen-bond acceptors (Lipinski definition) is 6. The Labute approximate surface area is 163 Å². The van der Waals surface area contributed by atoms with E-state index in [-0.39, 0.29) is 28.7 Å². The van der Waals surface area contributed by atoms with Crippen LogP contribution in [0.25, 0.3) is 11.0 Å². The van der Waals surface area contributed by atoms with Crippen molar-refractivity contribution in [1.82, 2.24) is 14.8 Å². The van der Waals surface area contributed by atoms with Crippen LogP contribution in [0.4, 0.5) is 13.8 Å². The summed E-state index contributed by atoms with van der Waals surface area (Å²) in [7, 11) is 1.26. The fraction of sp³-hybridized carbons (Fsp3) is 0.333.